The summed E-state index contributed by atoms with van der Waals surface area (Å²) in [7, 11) is -7.40. The van der Waals surface area contributed by atoms with Gasteiger partial charge in [0.25, 0.3) is 11.8 Å². The average molecular weight is 1180 g/mol. The van der Waals surface area contributed by atoms with E-state index in [2.05, 4.69) is 42.0 Å². The highest BCUT2D eigenvalue weighted by atomic mass is 32.2. The number of sulfonamides is 2. The number of aliphatic hydroxyl groups excluding tert-OH is 1. The summed E-state index contributed by atoms with van der Waals surface area (Å²) in [5.41, 5.74) is 5.24. The lowest BCUT2D eigenvalue weighted by molar-refractivity contribution is -0.136. The molecule has 0 spiro atoms. The maximum atomic E-state index is 14.1. The molecule has 442 valence electrons. The van der Waals surface area contributed by atoms with E-state index in [1.165, 1.54) is 8.61 Å². The minimum Gasteiger partial charge on any atom is -0.395 e. The number of carbonyl (C=O) groups excluding carboxylic acids is 4. The molecular weight excluding hydrogens is 1100 g/mol. The van der Waals surface area contributed by atoms with E-state index in [0.717, 1.165) is 56.9 Å². The van der Waals surface area contributed by atoms with E-state index >= 15 is 0 Å². The van der Waals surface area contributed by atoms with E-state index in [1.807, 2.05) is 142 Å². The van der Waals surface area contributed by atoms with E-state index in [4.69, 9.17) is 9.97 Å². The van der Waals surface area contributed by atoms with Gasteiger partial charge in [0, 0.05) is 82.2 Å². The first-order chi connectivity index (χ1) is 39.8. The van der Waals surface area contributed by atoms with Crippen LogP contribution in [0.2, 0.25) is 0 Å². The van der Waals surface area contributed by atoms with E-state index in [1.54, 1.807) is 34.1 Å². The molecule has 3 aliphatic rings. The van der Waals surface area contributed by atoms with Gasteiger partial charge in [-0.1, -0.05) is 175 Å². The van der Waals surface area contributed by atoms with Gasteiger partial charge in [-0.05, 0) is 34.1 Å². The number of nitrogens with zero attached hydrogens (tertiary/aromatic N) is 9. The van der Waals surface area contributed by atoms with Crippen molar-refractivity contribution >= 4 is 43.7 Å². The first-order valence-corrected chi connectivity index (χ1v) is 31.9. The number of aromatic nitrogens is 4. The number of hydrogen-bond acceptors (Lipinski definition) is 11. The summed E-state index contributed by atoms with van der Waals surface area (Å²) < 4.78 is 57.9. The number of carbonyl (C=O) groups is 4. The topological polar surface area (TPSA) is 209 Å². The van der Waals surface area contributed by atoms with Crippen molar-refractivity contribution in [2.24, 2.45) is 10.8 Å². The summed E-state index contributed by atoms with van der Waals surface area (Å²) in [5.74, 6) is 0.0757. The monoisotopic (exact) mass is 1180 g/mol. The minimum atomic E-state index is -3.81. The molecule has 0 unspecified atom stereocenters. The molecular formula is C64H75N9O9S2. The van der Waals surface area contributed by atoms with E-state index in [-0.39, 0.29) is 75.1 Å². The Hall–Kier alpha value is -7.62. The Labute approximate surface area is 493 Å². The molecule has 10 rings (SSSR count). The summed E-state index contributed by atoms with van der Waals surface area (Å²) in [6.07, 6.45) is 6.23. The van der Waals surface area contributed by atoms with Gasteiger partial charge < -0.3 is 24.0 Å². The minimum absolute atomic E-state index is 0.0277. The number of imidazole rings is 2. The third-order valence-corrected chi connectivity index (χ3v) is 18.3. The van der Waals surface area contributed by atoms with Crippen molar-refractivity contribution in [3.05, 3.63) is 192 Å². The maximum absolute atomic E-state index is 14.1. The summed E-state index contributed by atoms with van der Waals surface area (Å²) in [6, 6.07) is 43.8. The lowest BCUT2D eigenvalue weighted by Gasteiger charge is -2.41. The molecule has 2 saturated heterocycles. The molecule has 18 nitrogen and oxygen atoms in total. The molecule has 20 heteroatoms. The molecule has 4 amide bonds. The van der Waals surface area contributed by atoms with E-state index in [9.17, 15) is 41.1 Å². The standard InChI is InChI=1S/C36H39N5O5S.C28H36N4O4S/c1-36(2,3)32(33-37-30(26-15-9-6-10-16-26)24-38(33)21-25-13-7-5-8-14-25)39-22-27(41(47(4,45)46)20-19-31(39)42)23-40-34(43)28-17-11-12-18-29(28)35(40)44;1-28(2,3)26(31-18-23(20-33)32(37(4,35)36)16-15-25(31)34)27-29-24(22-13-9-6-10-14-22)19-30(27)17-21-11-7-5-8-12-21/h5-18,24,27,32H,19-23H2,1-4H3;5-14,19,23,26,33H,15-18,20H2,1-4H3/t27-,32-;23-,26-/m00/s1. The zero-order chi connectivity index (χ0) is 60.3. The molecule has 2 aromatic heterocycles. The van der Waals surface area contributed by atoms with Crippen LogP contribution in [-0.4, -0.2) is 152 Å². The summed E-state index contributed by atoms with van der Waals surface area (Å²) in [4.78, 5) is 69.2. The molecule has 3 aliphatic heterocycles. The SMILES string of the molecule is CC(C)(C)[C@H](c1nc(-c2ccccc2)cn1Cc1ccccc1)N1C[C@@H](CN2C(=O)c3ccccc3C2=O)N(S(C)(=O)=O)CCC1=O.CC(C)(C)[C@H](c1nc(-c2ccccc2)cn1Cc1ccccc1)N1C[C@@H](CO)N(S(C)(=O)=O)CCC1=O. The quantitative estimate of drug-likeness (QED) is 0.0965. The van der Waals surface area contributed by atoms with Crippen molar-refractivity contribution in [3.8, 4) is 22.5 Å². The number of benzene rings is 5. The summed E-state index contributed by atoms with van der Waals surface area (Å²) in [6.45, 7) is 12.8. The molecule has 0 bridgehead atoms. The lowest BCUT2D eigenvalue weighted by atomic mass is 9.84. The molecule has 5 aromatic carbocycles. The number of amides is 4. The van der Waals surface area contributed by atoms with Crippen LogP contribution in [-0.2, 0) is 42.7 Å². The van der Waals surface area contributed by atoms with Gasteiger partial charge in [-0.3, -0.25) is 24.1 Å². The second kappa shape index (κ2) is 24.9. The van der Waals surface area contributed by atoms with Crippen molar-refractivity contribution in [3.63, 3.8) is 0 Å². The van der Waals surface area contributed by atoms with Gasteiger partial charge in [-0.2, -0.15) is 8.61 Å². The van der Waals surface area contributed by atoms with Crippen LogP contribution in [0.1, 0.15) is 110 Å². The molecule has 4 atom stereocenters. The van der Waals surface area contributed by atoms with Crippen LogP contribution in [0.5, 0.6) is 0 Å². The smallest absolute Gasteiger partial charge is 0.261 e. The van der Waals surface area contributed by atoms with Gasteiger partial charge in [0.1, 0.15) is 11.6 Å². The largest absolute Gasteiger partial charge is 0.395 e. The molecule has 5 heterocycles. The van der Waals surface area contributed by atoms with Crippen LogP contribution in [0.25, 0.3) is 22.5 Å². The van der Waals surface area contributed by atoms with Crippen molar-refractivity contribution in [1.29, 1.82) is 0 Å². The van der Waals surface area contributed by atoms with Crippen molar-refractivity contribution < 1.29 is 41.1 Å². The second-order valence-corrected chi connectivity index (χ2v) is 27.9. The van der Waals surface area contributed by atoms with Crippen molar-refractivity contribution in [2.45, 2.75) is 91.6 Å². The second-order valence-electron chi connectivity index (χ2n) is 24.1. The van der Waals surface area contributed by atoms with Gasteiger partial charge >= 0.3 is 0 Å². The number of aliphatic hydroxyl groups is 1. The van der Waals surface area contributed by atoms with Gasteiger partial charge in [0.2, 0.25) is 31.9 Å². The molecule has 0 saturated carbocycles. The highest BCUT2D eigenvalue weighted by Gasteiger charge is 2.47. The maximum Gasteiger partial charge on any atom is 0.261 e. The predicted octanol–water partition coefficient (Wildman–Crippen LogP) is 8.38. The van der Waals surface area contributed by atoms with Crippen molar-refractivity contribution in [2.75, 3.05) is 51.8 Å². The first-order valence-electron chi connectivity index (χ1n) is 28.2. The Morgan fingerprint density at radius 1 is 0.512 bits per heavy atom. The first kappa shape index (κ1) is 61.0. The van der Waals surface area contributed by atoms with Crippen LogP contribution in [0, 0.1) is 10.8 Å². The molecule has 84 heavy (non-hydrogen) atoms. The molecule has 0 radical (unpaired) electrons. The Balaban J connectivity index is 0.000000208. The number of imide groups is 1. The van der Waals surface area contributed by atoms with E-state index < -0.39 is 66.9 Å². The van der Waals surface area contributed by atoms with Crippen molar-refractivity contribution in [1.82, 2.24) is 42.4 Å². The number of rotatable bonds is 15. The Kier molecular flexibility index (Phi) is 18.1. The molecule has 1 N–H and O–H groups in total. The Morgan fingerprint density at radius 2 is 0.857 bits per heavy atom. The number of fused-ring (bicyclic) bond motifs is 1. The normalized spacial score (nSPS) is 18.5. The van der Waals surface area contributed by atoms with E-state index in [0.29, 0.717) is 18.9 Å². The predicted molar refractivity (Wildman–Crippen MR) is 323 cm³/mol. The fourth-order valence-electron chi connectivity index (χ4n) is 11.8. The summed E-state index contributed by atoms with van der Waals surface area (Å²) >= 11 is 0. The zero-order valence-electron chi connectivity index (χ0n) is 48.9. The van der Waals surface area contributed by atoms with Gasteiger partial charge in [-0.15, -0.1) is 0 Å². The van der Waals surface area contributed by atoms with Gasteiger partial charge in [0.05, 0.1) is 65.8 Å². The highest BCUT2D eigenvalue weighted by molar-refractivity contribution is 7.88. The third kappa shape index (κ3) is 13.6. The zero-order valence-corrected chi connectivity index (χ0v) is 50.6. The van der Waals surface area contributed by atoms with Crippen LogP contribution < -0.4 is 0 Å². The van der Waals surface area contributed by atoms with Crippen LogP contribution in [0.4, 0.5) is 0 Å². The highest BCUT2D eigenvalue weighted by Crippen LogP contribution is 2.43. The fourth-order valence-corrected chi connectivity index (χ4v) is 14.0. The molecule has 2 fully saturated rings. The lowest BCUT2D eigenvalue weighted by Crippen LogP contribution is -2.53. The molecule has 0 aliphatic carbocycles. The number of hydrogen-bond donors (Lipinski definition) is 1. The fraction of sp³-hybridized carbons (Fsp3) is 0.375. The van der Waals surface area contributed by atoms with Crippen LogP contribution in [0.3, 0.4) is 0 Å². The van der Waals surface area contributed by atoms with Crippen LogP contribution in [0.15, 0.2) is 158 Å². The van der Waals surface area contributed by atoms with Gasteiger partial charge in [-0.25, -0.2) is 26.8 Å². The molecule has 7 aromatic rings. The third-order valence-electron chi connectivity index (χ3n) is 15.6. The average Bonchev–Trinajstić information content (AvgIpc) is 3.16. The Bertz CT molecular complexity index is 3680. The van der Waals surface area contributed by atoms with Crippen LogP contribution >= 0.6 is 0 Å². The summed E-state index contributed by atoms with van der Waals surface area (Å²) in [5, 5.41) is 10.1. The Morgan fingerprint density at radius 3 is 1.21 bits per heavy atom. The van der Waals surface area contributed by atoms with Gasteiger partial charge in [0.15, 0.2) is 0 Å².